The standard InChI is InChI=1S/C12H18N6O/c1-10(7-18-9-13-8-15-18)16-12(19)3-5-17-6-4-14-11(17)2/h4,6,8-10H,3,5,7H2,1-2H3,(H,16,19)/t10-/m0/s1. The average Bonchev–Trinajstić information content (AvgIpc) is 2.98. The summed E-state index contributed by atoms with van der Waals surface area (Å²) in [6, 6.07) is 0.0260. The van der Waals surface area contributed by atoms with E-state index in [-0.39, 0.29) is 11.9 Å². The maximum Gasteiger partial charge on any atom is 0.222 e. The van der Waals surface area contributed by atoms with E-state index in [0.29, 0.717) is 19.5 Å². The number of rotatable bonds is 6. The van der Waals surface area contributed by atoms with E-state index in [1.165, 1.54) is 6.33 Å². The van der Waals surface area contributed by atoms with Gasteiger partial charge in [-0.1, -0.05) is 0 Å². The second-order valence-corrected chi connectivity index (χ2v) is 4.50. The van der Waals surface area contributed by atoms with Crippen molar-refractivity contribution in [3.8, 4) is 0 Å². The van der Waals surface area contributed by atoms with Crippen LogP contribution in [-0.2, 0) is 17.9 Å². The summed E-state index contributed by atoms with van der Waals surface area (Å²) in [7, 11) is 0. The molecule has 1 amide bonds. The van der Waals surface area contributed by atoms with E-state index < -0.39 is 0 Å². The molecule has 2 aromatic heterocycles. The molecular formula is C12H18N6O. The number of nitrogens with zero attached hydrogens (tertiary/aromatic N) is 5. The first kappa shape index (κ1) is 13.3. The minimum absolute atomic E-state index is 0.0260. The van der Waals surface area contributed by atoms with Crippen LogP contribution in [0.3, 0.4) is 0 Å². The highest BCUT2D eigenvalue weighted by molar-refractivity contribution is 5.76. The zero-order valence-electron chi connectivity index (χ0n) is 11.2. The van der Waals surface area contributed by atoms with Crippen LogP contribution >= 0.6 is 0 Å². The van der Waals surface area contributed by atoms with Gasteiger partial charge in [-0.05, 0) is 13.8 Å². The molecule has 2 heterocycles. The molecule has 0 aromatic carbocycles. The molecule has 0 spiro atoms. The third kappa shape index (κ3) is 3.90. The Balaban J connectivity index is 1.73. The summed E-state index contributed by atoms with van der Waals surface area (Å²) in [5.74, 6) is 0.948. The lowest BCUT2D eigenvalue weighted by atomic mass is 10.3. The van der Waals surface area contributed by atoms with Gasteiger partial charge in [0.25, 0.3) is 0 Å². The van der Waals surface area contributed by atoms with Gasteiger partial charge in [0.2, 0.25) is 5.91 Å². The van der Waals surface area contributed by atoms with E-state index in [4.69, 9.17) is 0 Å². The van der Waals surface area contributed by atoms with Crippen LogP contribution < -0.4 is 5.32 Å². The van der Waals surface area contributed by atoms with E-state index >= 15 is 0 Å². The number of carbonyl (C=O) groups is 1. The van der Waals surface area contributed by atoms with Crippen LogP contribution in [0.25, 0.3) is 0 Å². The first-order chi connectivity index (χ1) is 9.15. The van der Waals surface area contributed by atoms with Crippen molar-refractivity contribution in [3.63, 3.8) is 0 Å². The molecule has 0 bridgehead atoms. The van der Waals surface area contributed by atoms with Crippen LogP contribution in [0.15, 0.2) is 25.0 Å². The Morgan fingerprint density at radius 1 is 1.53 bits per heavy atom. The molecule has 1 N–H and O–H groups in total. The second kappa shape index (κ2) is 6.12. The molecule has 0 aliphatic rings. The summed E-state index contributed by atoms with van der Waals surface area (Å²) < 4.78 is 3.66. The average molecular weight is 262 g/mol. The molecule has 0 aliphatic heterocycles. The van der Waals surface area contributed by atoms with Crippen LogP contribution in [0.2, 0.25) is 0 Å². The molecule has 19 heavy (non-hydrogen) atoms. The second-order valence-electron chi connectivity index (χ2n) is 4.50. The number of imidazole rings is 1. The monoisotopic (exact) mass is 262 g/mol. The fourth-order valence-corrected chi connectivity index (χ4v) is 1.86. The van der Waals surface area contributed by atoms with Gasteiger partial charge in [0.1, 0.15) is 18.5 Å². The highest BCUT2D eigenvalue weighted by Crippen LogP contribution is 1.98. The van der Waals surface area contributed by atoms with Crippen LogP contribution in [0.5, 0.6) is 0 Å². The Labute approximate surface area is 111 Å². The van der Waals surface area contributed by atoms with Gasteiger partial charge in [0.15, 0.2) is 0 Å². The number of carbonyl (C=O) groups excluding carboxylic acids is 1. The zero-order chi connectivity index (χ0) is 13.7. The van der Waals surface area contributed by atoms with Crippen molar-refractivity contribution in [1.82, 2.24) is 29.6 Å². The van der Waals surface area contributed by atoms with E-state index in [1.807, 2.05) is 24.6 Å². The summed E-state index contributed by atoms with van der Waals surface area (Å²) in [6.07, 6.45) is 7.18. The summed E-state index contributed by atoms with van der Waals surface area (Å²) in [5.41, 5.74) is 0. The highest BCUT2D eigenvalue weighted by Gasteiger charge is 2.09. The molecule has 7 nitrogen and oxygen atoms in total. The first-order valence-electron chi connectivity index (χ1n) is 6.24. The zero-order valence-corrected chi connectivity index (χ0v) is 11.2. The Morgan fingerprint density at radius 2 is 2.37 bits per heavy atom. The third-order valence-electron chi connectivity index (χ3n) is 2.84. The number of hydrogen-bond donors (Lipinski definition) is 1. The van der Waals surface area contributed by atoms with Gasteiger partial charge in [0.05, 0.1) is 6.54 Å². The van der Waals surface area contributed by atoms with Gasteiger partial charge in [-0.15, -0.1) is 0 Å². The van der Waals surface area contributed by atoms with Gasteiger partial charge in [-0.3, -0.25) is 9.48 Å². The van der Waals surface area contributed by atoms with Crippen molar-refractivity contribution in [2.75, 3.05) is 0 Å². The first-order valence-corrected chi connectivity index (χ1v) is 6.24. The van der Waals surface area contributed by atoms with Crippen LogP contribution in [0, 0.1) is 6.92 Å². The van der Waals surface area contributed by atoms with Gasteiger partial charge >= 0.3 is 0 Å². The predicted octanol–water partition coefficient (Wildman–Crippen LogP) is 0.378. The number of aromatic nitrogens is 5. The summed E-state index contributed by atoms with van der Waals surface area (Å²) in [5, 5.41) is 6.94. The van der Waals surface area contributed by atoms with Crippen molar-refractivity contribution in [2.45, 2.75) is 39.4 Å². The van der Waals surface area contributed by atoms with Crippen molar-refractivity contribution in [2.24, 2.45) is 0 Å². The molecule has 0 saturated carbocycles. The molecule has 0 unspecified atom stereocenters. The number of hydrogen-bond acceptors (Lipinski definition) is 4. The Morgan fingerprint density at radius 3 is 3.00 bits per heavy atom. The van der Waals surface area contributed by atoms with Crippen molar-refractivity contribution < 1.29 is 4.79 Å². The van der Waals surface area contributed by atoms with Crippen molar-refractivity contribution in [3.05, 3.63) is 30.9 Å². The Bertz CT molecular complexity index is 518. The lowest BCUT2D eigenvalue weighted by molar-refractivity contribution is -0.122. The molecule has 102 valence electrons. The molecule has 2 aromatic rings. The lowest BCUT2D eigenvalue weighted by Crippen LogP contribution is -2.36. The molecule has 7 heteroatoms. The molecule has 2 rings (SSSR count). The quantitative estimate of drug-likeness (QED) is 0.816. The van der Waals surface area contributed by atoms with Gasteiger partial charge in [0, 0.05) is 31.4 Å². The topological polar surface area (TPSA) is 77.6 Å². The number of nitrogens with one attached hydrogen (secondary N) is 1. The third-order valence-corrected chi connectivity index (χ3v) is 2.84. The highest BCUT2D eigenvalue weighted by atomic mass is 16.1. The van der Waals surface area contributed by atoms with Gasteiger partial charge < -0.3 is 9.88 Å². The van der Waals surface area contributed by atoms with Gasteiger partial charge in [-0.2, -0.15) is 5.10 Å². The molecular weight excluding hydrogens is 244 g/mol. The summed E-state index contributed by atoms with van der Waals surface area (Å²) in [4.78, 5) is 19.8. The normalized spacial score (nSPS) is 12.3. The Hall–Kier alpha value is -2.18. The van der Waals surface area contributed by atoms with Crippen LogP contribution in [0.4, 0.5) is 0 Å². The molecule has 1 atom stereocenters. The lowest BCUT2D eigenvalue weighted by Gasteiger charge is -2.14. The SMILES string of the molecule is Cc1nccn1CCC(=O)N[C@@H](C)Cn1cncn1. The summed E-state index contributed by atoms with van der Waals surface area (Å²) in [6.45, 7) is 5.14. The smallest absolute Gasteiger partial charge is 0.222 e. The molecule has 0 saturated heterocycles. The Kier molecular flexibility index (Phi) is 4.27. The minimum atomic E-state index is 0.0260. The van der Waals surface area contributed by atoms with E-state index in [0.717, 1.165) is 5.82 Å². The molecule has 0 aliphatic carbocycles. The van der Waals surface area contributed by atoms with Crippen molar-refractivity contribution in [1.29, 1.82) is 0 Å². The number of aryl methyl sites for hydroxylation is 2. The predicted molar refractivity (Wildman–Crippen MR) is 69.2 cm³/mol. The van der Waals surface area contributed by atoms with Gasteiger partial charge in [-0.25, -0.2) is 9.97 Å². The van der Waals surface area contributed by atoms with Crippen LogP contribution in [0.1, 0.15) is 19.2 Å². The van der Waals surface area contributed by atoms with E-state index in [1.54, 1.807) is 17.2 Å². The molecule has 0 radical (unpaired) electrons. The van der Waals surface area contributed by atoms with Crippen molar-refractivity contribution >= 4 is 5.91 Å². The fourth-order valence-electron chi connectivity index (χ4n) is 1.86. The maximum atomic E-state index is 11.8. The number of amides is 1. The van der Waals surface area contributed by atoms with E-state index in [9.17, 15) is 4.79 Å². The molecule has 0 fully saturated rings. The van der Waals surface area contributed by atoms with Crippen LogP contribution in [-0.4, -0.2) is 36.3 Å². The largest absolute Gasteiger partial charge is 0.352 e. The minimum Gasteiger partial charge on any atom is -0.352 e. The fraction of sp³-hybridized carbons (Fsp3) is 0.500. The maximum absolute atomic E-state index is 11.8. The summed E-state index contributed by atoms with van der Waals surface area (Å²) >= 11 is 0. The van der Waals surface area contributed by atoms with E-state index in [2.05, 4.69) is 20.4 Å².